The Morgan fingerprint density at radius 2 is 1.48 bits per heavy atom. The van der Waals surface area contributed by atoms with Crippen LogP contribution < -0.4 is 27.4 Å². The lowest BCUT2D eigenvalue weighted by Gasteiger charge is -2.27. The summed E-state index contributed by atoms with van der Waals surface area (Å²) in [6.45, 7) is 4.54. The van der Waals surface area contributed by atoms with E-state index < -0.39 is 72.2 Å². The van der Waals surface area contributed by atoms with Gasteiger partial charge in [0.25, 0.3) is 0 Å². The van der Waals surface area contributed by atoms with E-state index in [1.54, 1.807) is 20.1 Å². The van der Waals surface area contributed by atoms with Crippen molar-refractivity contribution in [1.82, 2.24) is 16.0 Å². The summed E-state index contributed by atoms with van der Waals surface area (Å²) in [6.07, 6.45) is 0.218. The molecule has 5 atom stereocenters. The van der Waals surface area contributed by atoms with Gasteiger partial charge in [-0.3, -0.25) is 19.2 Å². The van der Waals surface area contributed by atoms with Crippen LogP contribution in [0.4, 0.5) is 0 Å². The molecule has 0 fully saturated rings. The Hall–Kier alpha value is -2.38. The van der Waals surface area contributed by atoms with Crippen molar-refractivity contribution in [3.05, 3.63) is 0 Å². The lowest BCUT2D eigenvalue weighted by molar-refractivity contribution is -0.142. The predicted octanol–water partition coefficient (Wildman–Crippen LogP) is -2.48. The molecule has 0 aliphatic rings. The van der Waals surface area contributed by atoms with Gasteiger partial charge < -0.3 is 37.6 Å². The fourth-order valence-electron chi connectivity index (χ4n) is 2.44. The molecular formula is C18H33N5O7S. The number of aliphatic hydroxyl groups excluding tert-OH is 1. The molecule has 12 nitrogen and oxygen atoms in total. The van der Waals surface area contributed by atoms with Gasteiger partial charge in [-0.25, -0.2) is 4.79 Å². The molecule has 5 unspecified atom stereocenters. The first kappa shape index (κ1) is 28.6. The highest BCUT2D eigenvalue weighted by molar-refractivity contribution is 7.98. The number of aliphatic hydroxyl groups is 1. The maximum absolute atomic E-state index is 12.7. The molecule has 4 amide bonds. The van der Waals surface area contributed by atoms with Gasteiger partial charge in [-0.15, -0.1) is 0 Å². The van der Waals surface area contributed by atoms with Gasteiger partial charge >= 0.3 is 5.97 Å². The Labute approximate surface area is 185 Å². The van der Waals surface area contributed by atoms with Crippen molar-refractivity contribution in [2.24, 2.45) is 17.4 Å². The third-order valence-corrected chi connectivity index (χ3v) is 4.98. The first-order valence-electron chi connectivity index (χ1n) is 9.66. The van der Waals surface area contributed by atoms with Crippen LogP contribution in [-0.2, 0) is 24.0 Å². The van der Waals surface area contributed by atoms with Crippen molar-refractivity contribution in [1.29, 1.82) is 0 Å². The Morgan fingerprint density at radius 3 is 1.90 bits per heavy atom. The van der Waals surface area contributed by atoms with Crippen LogP contribution in [0.2, 0.25) is 0 Å². The molecular weight excluding hydrogens is 430 g/mol. The average Bonchev–Trinajstić information content (AvgIpc) is 2.66. The van der Waals surface area contributed by atoms with E-state index in [-0.39, 0.29) is 6.42 Å². The number of carbonyl (C=O) groups excluding carboxylic acids is 4. The second kappa shape index (κ2) is 13.8. The third kappa shape index (κ3) is 10.5. The quantitative estimate of drug-likeness (QED) is 0.145. The number of rotatable bonds is 14. The number of hydrogen-bond acceptors (Lipinski definition) is 8. The maximum atomic E-state index is 12.7. The highest BCUT2D eigenvalue weighted by Gasteiger charge is 2.32. The van der Waals surface area contributed by atoms with Gasteiger partial charge in [0.15, 0.2) is 0 Å². The number of carbonyl (C=O) groups is 5. The summed E-state index contributed by atoms with van der Waals surface area (Å²) in [5.74, 6) is -4.52. The highest BCUT2D eigenvalue weighted by Crippen LogP contribution is 2.07. The van der Waals surface area contributed by atoms with Crippen LogP contribution in [0.25, 0.3) is 0 Å². The fraction of sp³-hybridized carbons (Fsp3) is 0.722. The Morgan fingerprint density at radius 1 is 0.935 bits per heavy atom. The number of amides is 4. The topological polar surface area (TPSA) is 214 Å². The second-order valence-corrected chi connectivity index (χ2v) is 8.39. The van der Waals surface area contributed by atoms with Crippen LogP contribution in [0.1, 0.15) is 33.6 Å². The number of hydrogen-bond donors (Lipinski definition) is 7. The zero-order valence-corrected chi connectivity index (χ0v) is 18.9. The van der Waals surface area contributed by atoms with Crippen molar-refractivity contribution in [2.45, 2.75) is 63.9 Å². The van der Waals surface area contributed by atoms with E-state index in [4.69, 9.17) is 11.5 Å². The van der Waals surface area contributed by atoms with Crippen LogP contribution in [0.15, 0.2) is 0 Å². The molecule has 9 N–H and O–H groups in total. The molecule has 0 heterocycles. The van der Waals surface area contributed by atoms with E-state index in [2.05, 4.69) is 16.0 Å². The van der Waals surface area contributed by atoms with Crippen LogP contribution in [0, 0.1) is 5.92 Å². The predicted molar refractivity (Wildman–Crippen MR) is 115 cm³/mol. The van der Waals surface area contributed by atoms with E-state index >= 15 is 0 Å². The highest BCUT2D eigenvalue weighted by atomic mass is 32.2. The monoisotopic (exact) mass is 463 g/mol. The van der Waals surface area contributed by atoms with Crippen molar-refractivity contribution in [3.8, 4) is 0 Å². The van der Waals surface area contributed by atoms with Gasteiger partial charge in [0, 0.05) is 0 Å². The lowest BCUT2D eigenvalue weighted by atomic mass is 10.0. The molecule has 0 saturated heterocycles. The summed E-state index contributed by atoms with van der Waals surface area (Å²) in [6, 6.07) is -5.06. The minimum atomic E-state index is -1.43. The second-order valence-electron chi connectivity index (χ2n) is 7.41. The zero-order chi connectivity index (χ0) is 24.3. The minimum Gasteiger partial charge on any atom is -0.480 e. The van der Waals surface area contributed by atoms with E-state index in [0.29, 0.717) is 5.75 Å². The van der Waals surface area contributed by atoms with E-state index in [9.17, 15) is 34.2 Å². The SMILES string of the molecule is CSCCC(NC(=O)C(NC(=O)C(CC(N)=O)NC(=O)C(N)C(C)O)C(C)C)C(=O)O. The molecule has 0 aromatic heterocycles. The molecule has 0 saturated carbocycles. The summed E-state index contributed by atoms with van der Waals surface area (Å²) in [5, 5.41) is 25.8. The third-order valence-electron chi connectivity index (χ3n) is 4.33. The molecule has 0 aliphatic heterocycles. The van der Waals surface area contributed by atoms with Crippen LogP contribution >= 0.6 is 11.8 Å². The lowest BCUT2D eigenvalue weighted by Crippen LogP contribution is -2.59. The van der Waals surface area contributed by atoms with Crippen LogP contribution in [-0.4, -0.2) is 82.1 Å². The number of carboxylic acid groups (broad SMARTS) is 1. The standard InChI is InChI=1S/C18H33N5O7S/c1-8(2)14(17(28)21-10(18(29)30)5-6-31-4)23-15(26)11(7-12(19)25)22-16(27)13(20)9(3)24/h8-11,13-14,24H,5-7,20H2,1-4H3,(H2,19,25)(H,21,28)(H,22,27)(H,23,26)(H,29,30). The molecule has 0 aromatic carbocycles. The fourth-order valence-corrected chi connectivity index (χ4v) is 2.91. The van der Waals surface area contributed by atoms with Crippen molar-refractivity contribution in [3.63, 3.8) is 0 Å². The minimum absolute atomic E-state index is 0.193. The normalized spacial score (nSPS) is 15.8. The van der Waals surface area contributed by atoms with Gasteiger partial charge in [0.2, 0.25) is 23.6 Å². The molecule has 0 spiro atoms. The van der Waals surface area contributed by atoms with Gasteiger partial charge in [0.1, 0.15) is 24.2 Å². The summed E-state index contributed by atoms with van der Waals surface area (Å²) in [4.78, 5) is 60.1. The van der Waals surface area contributed by atoms with E-state index in [0.717, 1.165) is 0 Å². The number of nitrogens with two attached hydrogens (primary N) is 2. The summed E-state index contributed by atoms with van der Waals surface area (Å²) in [7, 11) is 0. The summed E-state index contributed by atoms with van der Waals surface area (Å²) >= 11 is 1.42. The largest absolute Gasteiger partial charge is 0.480 e. The Balaban J connectivity index is 5.41. The summed E-state index contributed by atoms with van der Waals surface area (Å²) in [5.41, 5.74) is 10.7. The number of thioether (sulfide) groups is 1. The van der Waals surface area contributed by atoms with Gasteiger partial charge in [-0.1, -0.05) is 13.8 Å². The van der Waals surface area contributed by atoms with Crippen LogP contribution in [0.3, 0.4) is 0 Å². The number of carboxylic acids is 1. The van der Waals surface area contributed by atoms with Gasteiger partial charge in [0.05, 0.1) is 12.5 Å². The number of nitrogens with one attached hydrogen (secondary N) is 3. The Bertz CT molecular complexity index is 659. The van der Waals surface area contributed by atoms with E-state index in [1.165, 1.54) is 18.7 Å². The summed E-state index contributed by atoms with van der Waals surface area (Å²) < 4.78 is 0. The van der Waals surface area contributed by atoms with Crippen molar-refractivity contribution < 1.29 is 34.2 Å². The molecule has 0 bridgehead atoms. The molecule has 0 radical (unpaired) electrons. The maximum Gasteiger partial charge on any atom is 0.326 e. The van der Waals surface area contributed by atoms with Gasteiger partial charge in [-0.05, 0) is 31.3 Å². The molecule has 31 heavy (non-hydrogen) atoms. The zero-order valence-electron chi connectivity index (χ0n) is 18.1. The first-order valence-corrected chi connectivity index (χ1v) is 11.1. The molecule has 178 valence electrons. The smallest absolute Gasteiger partial charge is 0.326 e. The first-order chi connectivity index (χ1) is 14.3. The van der Waals surface area contributed by atoms with Crippen molar-refractivity contribution in [2.75, 3.05) is 12.0 Å². The average molecular weight is 464 g/mol. The molecule has 0 aliphatic carbocycles. The number of aliphatic carboxylic acids is 1. The molecule has 13 heteroatoms. The molecule has 0 aromatic rings. The van der Waals surface area contributed by atoms with Crippen LogP contribution in [0.5, 0.6) is 0 Å². The van der Waals surface area contributed by atoms with E-state index in [1.807, 2.05) is 0 Å². The number of primary amides is 1. The van der Waals surface area contributed by atoms with Crippen molar-refractivity contribution >= 4 is 41.4 Å². The Kier molecular flexibility index (Phi) is 12.8. The van der Waals surface area contributed by atoms with Gasteiger partial charge in [-0.2, -0.15) is 11.8 Å². The molecule has 0 rings (SSSR count).